The third-order valence-corrected chi connectivity index (χ3v) is 6.04. The maximum atomic E-state index is 13.5. The van der Waals surface area contributed by atoms with Crippen LogP contribution in [0.25, 0.3) is 0 Å². The zero-order valence-corrected chi connectivity index (χ0v) is 18.0. The Kier molecular flexibility index (Phi) is 5.12. The van der Waals surface area contributed by atoms with Gasteiger partial charge in [-0.3, -0.25) is 9.59 Å². The Morgan fingerprint density at radius 1 is 1.45 bits per heavy atom. The molecule has 4 rings (SSSR count). The van der Waals surface area contributed by atoms with Gasteiger partial charge in [-0.2, -0.15) is 5.26 Å². The Bertz CT molecular complexity index is 961. The van der Waals surface area contributed by atoms with E-state index < -0.39 is 29.2 Å². The summed E-state index contributed by atoms with van der Waals surface area (Å²) >= 11 is 0. The van der Waals surface area contributed by atoms with E-state index in [1.54, 1.807) is 33.0 Å². The SMILES string of the molecule is CC(C)(C)OC(=O)N[C@@H](CC1CC1)C(=O)N1CC2(C[C@H]1C#N)C(=O)Nc1ncccc12. The molecule has 1 saturated heterocycles. The lowest BCUT2D eigenvalue weighted by molar-refractivity contribution is -0.134. The molecule has 2 N–H and O–H groups in total. The van der Waals surface area contributed by atoms with Crippen LogP contribution in [0.2, 0.25) is 0 Å². The van der Waals surface area contributed by atoms with Crippen LogP contribution in [-0.2, 0) is 19.7 Å². The summed E-state index contributed by atoms with van der Waals surface area (Å²) in [6.45, 7) is 5.34. The molecule has 1 spiro atoms. The van der Waals surface area contributed by atoms with Crippen molar-refractivity contribution in [3.05, 3.63) is 23.9 Å². The molecule has 0 bridgehead atoms. The van der Waals surface area contributed by atoms with Crippen molar-refractivity contribution in [2.24, 2.45) is 5.92 Å². The average molecular weight is 425 g/mol. The maximum Gasteiger partial charge on any atom is 0.408 e. The number of hydrogen-bond donors (Lipinski definition) is 2. The number of nitrogens with zero attached hydrogens (tertiary/aromatic N) is 3. The van der Waals surface area contributed by atoms with Crippen molar-refractivity contribution in [1.82, 2.24) is 15.2 Å². The van der Waals surface area contributed by atoms with Crippen LogP contribution in [0.4, 0.5) is 10.6 Å². The molecule has 3 amide bonds. The summed E-state index contributed by atoms with van der Waals surface area (Å²) in [6, 6.07) is 4.15. The largest absolute Gasteiger partial charge is 0.444 e. The number of aromatic nitrogens is 1. The highest BCUT2D eigenvalue weighted by molar-refractivity contribution is 6.06. The molecule has 3 heterocycles. The van der Waals surface area contributed by atoms with Crippen LogP contribution in [0, 0.1) is 17.2 Å². The molecule has 2 aliphatic heterocycles. The number of nitrogens with one attached hydrogen (secondary N) is 2. The quantitative estimate of drug-likeness (QED) is 0.761. The van der Waals surface area contributed by atoms with Gasteiger partial charge in [0.1, 0.15) is 23.5 Å². The first kappa shape index (κ1) is 21.1. The minimum absolute atomic E-state index is 0.0752. The van der Waals surface area contributed by atoms with Gasteiger partial charge in [-0.05, 0) is 39.2 Å². The minimum atomic E-state index is -1.00. The molecular weight excluding hydrogens is 398 g/mol. The van der Waals surface area contributed by atoms with Gasteiger partial charge < -0.3 is 20.3 Å². The van der Waals surface area contributed by atoms with Crippen molar-refractivity contribution >= 4 is 23.7 Å². The number of rotatable bonds is 4. The van der Waals surface area contributed by atoms with Crippen LogP contribution in [0.15, 0.2) is 18.3 Å². The Morgan fingerprint density at radius 3 is 2.84 bits per heavy atom. The molecule has 3 atom stereocenters. The molecule has 9 heteroatoms. The Hall–Kier alpha value is -3.15. The average Bonchev–Trinajstić information content (AvgIpc) is 3.36. The maximum absolute atomic E-state index is 13.5. The second-order valence-corrected chi connectivity index (χ2v) is 9.63. The van der Waals surface area contributed by atoms with Crippen LogP contribution < -0.4 is 10.6 Å². The number of amides is 3. The highest BCUT2D eigenvalue weighted by Crippen LogP contribution is 2.46. The van der Waals surface area contributed by atoms with Gasteiger partial charge in [0.05, 0.1) is 11.5 Å². The number of hydrogen-bond acceptors (Lipinski definition) is 6. The highest BCUT2D eigenvalue weighted by Gasteiger charge is 2.57. The van der Waals surface area contributed by atoms with Crippen LogP contribution >= 0.6 is 0 Å². The van der Waals surface area contributed by atoms with Gasteiger partial charge in [-0.15, -0.1) is 0 Å². The lowest BCUT2D eigenvalue weighted by Gasteiger charge is -2.28. The number of carbonyl (C=O) groups is 3. The molecule has 3 aliphatic rings. The highest BCUT2D eigenvalue weighted by atomic mass is 16.6. The summed E-state index contributed by atoms with van der Waals surface area (Å²) in [5.74, 6) is 0.225. The molecule has 2 fully saturated rings. The third-order valence-electron chi connectivity index (χ3n) is 6.04. The predicted molar refractivity (Wildman–Crippen MR) is 111 cm³/mol. The van der Waals surface area contributed by atoms with Gasteiger partial charge in [0.15, 0.2) is 0 Å². The lowest BCUT2D eigenvalue weighted by Crippen LogP contribution is -2.51. The van der Waals surface area contributed by atoms with E-state index in [-0.39, 0.29) is 24.8 Å². The number of ether oxygens (including phenoxy) is 1. The number of anilines is 1. The number of carbonyl (C=O) groups excluding carboxylic acids is 3. The fourth-order valence-electron chi connectivity index (χ4n) is 4.41. The molecule has 31 heavy (non-hydrogen) atoms. The fraction of sp³-hybridized carbons (Fsp3) is 0.591. The summed E-state index contributed by atoms with van der Waals surface area (Å²) in [4.78, 5) is 44.4. The Balaban J connectivity index is 1.57. The van der Waals surface area contributed by atoms with E-state index in [0.717, 1.165) is 12.8 Å². The van der Waals surface area contributed by atoms with E-state index in [0.29, 0.717) is 23.7 Å². The third kappa shape index (κ3) is 4.07. The molecule has 164 valence electrons. The van der Waals surface area contributed by atoms with Crippen LogP contribution in [0.1, 0.15) is 52.0 Å². The second kappa shape index (κ2) is 7.52. The van der Waals surface area contributed by atoms with Crippen LogP contribution in [-0.4, -0.2) is 52.0 Å². The summed E-state index contributed by atoms with van der Waals surface area (Å²) in [6.07, 6.45) is 3.63. The van der Waals surface area contributed by atoms with Crippen molar-refractivity contribution in [2.75, 3.05) is 11.9 Å². The molecule has 0 radical (unpaired) electrons. The second-order valence-electron chi connectivity index (χ2n) is 9.63. The van der Waals surface area contributed by atoms with E-state index in [9.17, 15) is 19.6 Å². The topological polar surface area (TPSA) is 124 Å². The van der Waals surface area contributed by atoms with Crippen molar-refractivity contribution < 1.29 is 19.1 Å². The van der Waals surface area contributed by atoms with Crippen molar-refractivity contribution in [2.45, 2.75) is 69.6 Å². The van der Waals surface area contributed by atoms with E-state index in [2.05, 4.69) is 21.7 Å². The van der Waals surface area contributed by atoms with Crippen LogP contribution in [0.5, 0.6) is 0 Å². The molecule has 1 aliphatic carbocycles. The lowest BCUT2D eigenvalue weighted by atomic mass is 9.80. The molecule has 1 aromatic rings. The Morgan fingerprint density at radius 2 is 2.19 bits per heavy atom. The standard InChI is InChI=1S/C22H27N5O4/c1-21(2,3)31-20(30)25-16(9-13-6-7-13)18(28)27-12-22(10-14(27)11-23)15-5-4-8-24-17(15)26-19(22)29/h4-5,8,13-14,16H,6-7,9-10,12H2,1-3H3,(H,25,30)(H,24,26,29)/t14-,16-,22?/m0/s1. The smallest absolute Gasteiger partial charge is 0.408 e. The number of nitriles is 1. The summed E-state index contributed by atoms with van der Waals surface area (Å²) in [5, 5.41) is 15.2. The van der Waals surface area contributed by atoms with E-state index in [4.69, 9.17) is 4.74 Å². The molecule has 1 saturated carbocycles. The zero-order chi connectivity index (χ0) is 22.4. The summed E-state index contributed by atoms with van der Waals surface area (Å²) in [5.41, 5.74) is -0.993. The van der Waals surface area contributed by atoms with E-state index in [1.165, 1.54) is 4.90 Å². The number of likely N-dealkylation sites (tertiary alicyclic amines) is 1. The van der Waals surface area contributed by atoms with Gasteiger partial charge in [0.25, 0.3) is 0 Å². The van der Waals surface area contributed by atoms with Crippen LogP contribution in [0.3, 0.4) is 0 Å². The minimum Gasteiger partial charge on any atom is -0.444 e. The normalized spacial score (nSPS) is 25.5. The molecule has 1 unspecified atom stereocenters. The van der Waals surface area contributed by atoms with Gasteiger partial charge in [-0.25, -0.2) is 9.78 Å². The van der Waals surface area contributed by atoms with Gasteiger partial charge in [0, 0.05) is 24.7 Å². The molecular formula is C22H27N5O4. The van der Waals surface area contributed by atoms with E-state index >= 15 is 0 Å². The van der Waals surface area contributed by atoms with Crippen molar-refractivity contribution in [3.8, 4) is 6.07 Å². The number of pyridine rings is 1. The first-order valence-electron chi connectivity index (χ1n) is 10.6. The van der Waals surface area contributed by atoms with Gasteiger partial charge in [-0.1, -0.05) is 18.9 Å². The monoisotopic (exact) mass is 425 g/mol. The molecule has 1 aromatic heterocycles. The van der Waals surface area contributed by atoms with Crippen molar-refractivity contribution in [1.29, 1.82) is 5.26 Å². The first-order valence-corrected chi connectivity index (χ1v) is 10.6. The first-order chi connectivity index (χ1) is 14.6. The summed E-state index contributed by atoms with van der Waals surface area (Å²) < 4.78 is 5.33. The number of alkyl carbamates (subject to hydrolysis) is 1. The number of fused-ring (bicyclic) bond motifs is 2. The zero-order valence-electron chi connectivity index (χ0n) is 18.0. The summed E-state index contributed by atoms with van der Waals surface area (Å²) in [7, 11) is 0. The predicted octanol–water partition coefficient (Wildman–Crippen LogP) is 2.09. The molecule has 9 nitrogen and oxygen atoms in total. The Labute approximate surface area is 181 Å². The van der Waals surface area contributed by atoms with Gasteiger partial charge in [0.2, 0.25) is 11.8 Å². The van der Waals surface area contributed by atoms with Crippen molar-refractivity contribution in [3.63, 3.8) is 0 Å². The van der Waals surface area contributed by atoms with E-state index in [1.807, 2.05) is 6.07 Å². The fourth-order valence-corrected chi connectivity index (χ4v) is 4.41. The van der Waals surface area contributed by atoms with Gasteiger partial charge >= 0.3 is 6.09 Å². The molecule has 0 aromatic carbocycles.